The number of aryl methyl sites for hydroxylation is 1. The van der Waals surface area contributed by atoms with Gasteiger partial charge in [-0.25, -0.2) is 0 Å². The zero-order chi connectivity index (χ0) is 13.0. The van der Waals surface area contributed by atoms with E-state index in [1.54, 1.807) is 0 Å². The lowest BCUT2D eigenvalue weighted by Gasteiger charge is -2.14. The Hall–Kier alpha value is -2.09. The molecule has 0 saturated carbocycles. The highest BCUT2D eigenvalue weighted by Gasteiger charge is 2.10. The summed E-state index contributed by atoms with van der Waals surface area (Å²) < 4.78 is 0. The first kappa shape index (κ1) is 12.4. The molecule has 0 aromatic heterocycles. The molecule has 1 N–H and O–H groups in total. The molecule has 0 spiro atoms. The van der Waals surface area contributed by atoms with E-state index in [4.69, 9.17) is 0 Å². The van der Waals surface area contributed by atoms with Crippen molar-refractivity contribution in [3.63, 3.8) is 0 Å². The number of carbonyl (C=O) groups excluding carboxylic acids is 1. The third kappa shape index (κ3) is 2.98. The monoisotopic (exact) mass is 239 g/mol. The summed E-state index contributed by atoms with van der Waals surface area (Å²) in [6.07, 6.45) is 0. The second-order valence-electron chi connectivity index (χ2n) is 4.48. The smallest absolute Gasteiger partial charge is 0.251 e. The first-order chi connectivity index (χ1) is 8.66. The molecule has 0 aliphatic heterocycles. The molecule has 0 heterocycles. The molecular formula is C16H17NO. The lowest BCUT2D eigenvalue weighted by atomic mass is 10.1. The first-order valence-electron chi connectivity index (χ1n) is 6.09. The third-order valence-electron chi connectivity index (χ3n) is 2.93. The van der Waals surface area contributed by atoms with Crippen LogP contribution in [0.2, 0.25) is 0 Å². The average Bonchev–Trinajstić information content (AvgIpc) is 2.39. The molecule has 0 aliphatic carbocycles. The van der Waals surface area contributed by atoms with E-state index in [9.17, 15) is 4.79 Å². The molecule has 2 nitrogen and oxygen atoms in total. The predicted molar refractivity (Wildman–Crippen MR) is 73.5 cm³/mol. The van der Waals surface area contributed by atoms with Gasteiger partial charge in [-0.2, -0.15) is 0 Å². The van der Waals surface area contributed by atoms with Crippen molar-refractivity contribution in [3.8, 4) is 0 Å². The topological polar surface area (TPSA) is 29.1 Å². The van der Waals surface area contributed by atoms with Crippen LogP contribution in [0, 0.1) is 6.92 Å². The zero-order valence-corrected chi connectivity index (χ0v) is 10.7. The maximum Gasteiger partial charge on any atom is 0.251 e. The Morgan fingerprint density at radius 1 is 1.06 bits per heavy atom. The Labute approximate surface area is 108 Å². The van der Waals surface area contributed by atoms with Gasteiger partial charge in [-0.1, -0.05) is 48.0 Å². The van der Waals surface area contributed by atoms with E-state index >= 15 is 0 Å². The highest BCUT2D eigenvalue weighted by molar-refractivity contribution is 5.94. The van der Waals surface area contributed by atoms with Gasteiger partial charge in [0.15, 0.2) is 0 Å². The largest absolute Gasteiger partial charge is 0.346 e. The van der Waals surface area contributed by atoms with Crippen molar-refractivity contribution in [1.29, 1.82) is 0 Å². The number of hydrogen-bond donors (Lipinski definition) is 1. The average molecular weight is 239 g/mol. The molecule has 0 fully saturated rings. The summed E-state index contributed by atoms with van der Waals surface area (Å²) in [7, 11) is 0. The third-order valence-corrected chi connectivity index (χ3v) is 2.93. The molecule has 18 heavy (non-hydrogen) atoms. The van der Waals surface area contributed by atoms with Crippen molar-refractivity contribution in [1.82, 2.24) is 5.32 Å². The van der Waals surface area contributed by atoms with Crippen LogP contribution in [0.4, 0.5) is 0 Å². The normalized spacial score (nSPS) is 11.9. The van der Waals surface area contributed by atoms with E-state index in [2.05, 4.69) is 24.4 Å². The molecule has 0 unspecified atom stereocenters. The van der Waals surface area contributed by atoms with Gasteiger partial charge < -0.3 is 5.32 Å². The fraction of sp³-hybridized carbons (Fsp3) is 0.188. The van der Waals surface area contributed by atoms with Crippen molar-refractivity contribution in [2.75, 3.05) is 0 Å². The standard InChI is InChI=1S/C16H17NO/c1-12-7-6-10-15(11-12)13(2)17-16(18)14-8-4-3-5-9-14/h3-11,13H,1-2H3,(H,17,18)/t13-/m0/s1. The molecule has 92 valence electrons. The van der Waals surface area contributed by atoms with Gasteiger partial charge in [0.2, 0.25) is 0 Å². The number of carbonyl (C=O) groups is 1. The van der Waals surface area contributed by atoms with E-state index < -0.39 is 0 Å². The molecule has 2 heteroatoms. The molecular weight excluding hydrogens is 222 g/mol. The molecule has 0 bridgehead atoms. The molecule has 1 atom stereocenters. The maximum absolute atomic E-state index is 12.0. The van der Waals surface area contributed by atoms with E-state index in [0.29, 0.717) is 5.56 Å². The Morgan fingerprint density at radius 2 is 1.78 bits per heavy atom. The number of nitrogens with one attached hydrogen (secondary N) is 1. The van der Waals surface area contributed by atoms with Gasteiger partial charge in [-0.15, -0.1) is 0 Å². The van der Waals surface area contributed by atoms with Crippen LogP contribution in [0.25, 0.3) is 0 Å². The lowest BCUT2D eigenvalue weighted by Crippen LogP contribution is -2.26. The van der Waals surface area contributed by atoms with Crippen LogP contribution in [-0.4, -0.2) is 5.91 Å². The highest BCUT2D eigenvalue weighted by atomic mass is 16.1. The van der Waals surface area contributed by atoms with Crippen LogP contribution >= 0.6 is 0 Å². The van der Waals surface area contributed by atoms with Gasteiger partial charge in [0, 0.05) is 5.56 Å². The van der Waals surface area contributed by atoms with Gasteiger partial charge in [0.25, 0.3) is 5.91 Å². The van der Waals surface area contributed by atoms with Crippen molar-refractivity contribution < 1.29 is 4.79 Å². The quantitative estimate of drug-likeness (QED) is 0.872. The van der Waals surface area contributed by atoms with E-state index in [0.717, 1.165) is 5.56 Å². The van der Waals surface area contributed by atoms with E-state index in [1.807, 2.05) is 49.4 Å². The zero-order valence-electron chi connectivity index (χ0n) is 10.7. The van der Waals surface area contributed by atoms with Crippen molar-refractivity contribution in [3.05, 3.63) is 71.3 Å². The number of rotatable bonds is 3. The SMILES string of the molecule is Cc1cccc([C@H](C)NC(=O)c2ccccc2)c1. The van der Waals surface area contributed by atoms with Crippen molar-refractivity contribution in [2.45, 2.75) is 19.9 Å². The Morgan fingerprint density at radius 3 is 2.44 bits per heavy atom. The van der Waals surface area contributed by atoms with Crippen LogP contribution in [-0.2, 0) is 0 Å². The van der Waals surface area contributed by atoms with Crippen LogP contribution < -0.4 is 5.32 Å². The van der Waals surface area contributed by atoms with Crippen molar-refractivity contribution in [2.24, 2.45) is 0 Å². The van der Waals surface area contributed by atoms with E-state index in [1.165, 1.54) is 5.56 Å². The minimum atomic E-state index is -0.0374. The summed E-state index contributed by atoms with van der Waals surface area (Å²) in [5.41, 5.74) is 3.02. The second kappa shape index (κ2) is 5.50. The van der Waals surface area contributed by atoms with Gasteiger partial charge in [0.05, 0.1) is 6.04 Å². The van der Waals surface area contributed by atoms with Crippen LogP contribution in [0.15, 0.2) is 54.6 Å². The number of benzene rings is 2. The Kier molecular flexibility index (Phi) is 3.78. The molecule has 0 saturated heterocycles. The van der Waals surface area contributed by atoms with Gasteiger partial charge in [0.1, 0.15) is 0 Å². The fourth-order valence-electron chi connectivity index (χ4n) is 1.89. The molecule has 1 amide bonds. The Bertz CT molecular complexity index is 534. The summed E-state index contributed by atoms with van der Waals surface area (Å²) in [5, 5.41) is 3.00. The number of hydrogen-bond acceptors (Lipinski definition) is 1. The highest BCUT2D eigenvalue weighted by Crippen LogP contribution is 2.14. The molecule has 0 aliphatic rings. The minimum absolute atomic E-state index is 0.0117. The number of amides is 1. The van der Waals surface area contributed by atoms with Crippen LogP contribution in [0.1, 0.15) is 34.5 Å². The molecule has 2 aromatic rings. The van der Waals surface area contributed by atoms with Crippen LogP contribution in [0.5, 0.6) is 0 Å². The van der Waals surface area contributed by atoms with E-state index in [-0.39, 0.29) is 11.9 Å². The predicted octanol–water partition coefficient (Wildman–Crippen LogP) is 3.49. The summed E-state index contributed by atoms with van der Waals surface area (Å²) in [4.78, 5) is 12.0. The summed E-state index contributed by atoms with van der Waals surface area (Å²) in [6, 6.07) is 17.5. The van der Waals surface area contributed by atoms with Gasteiger partial charge in [-0.05, 0) is 31.5 Å². The maximum atomic E-state index is 12.0. The fourth-order valence-corrected chi connectivity index (χ4v) is 1.89. The van der Waals surface area contributed by atoms with Crippen LogP contribution in [0.3, 0.4) is 0 Å². The van der Waals surface area contributed by atoms with Gasteiger partial charge >= 0.3 is 0 Å². The minimum Gasteiger partial charge on any atom is -0.346 e. The molecule has 0 radical (unpaired) electrons. The molecule has 2 rings (SSSR count). The summed E-state index contributed by atoms with van der Waals surface area (Å²) in [5.74, 6) is -0.0374. The lowest BCUT2D eigenvalue weighted by molar-refractivity contribution is 0.0940. The second-order valence-corrected chi connectivity index (χ2v) is 4.48. The molecule has 2 aromatic carbocycles. The van der Waals surface area contributed by atoms with Crippen molar-refractivity contribution >= 4 is 5.91 Å². The summed E-state index contributed by atoms with van der Waals surface area (Å²) >= 11 is 0. The van der Waals surface area contributed by atoms with Gasteiger partial charge in [-0.3, -0.25) is 4.79 Å². The Balaban J connectivity index is 2.08. The first-order valence-corrected chi connectivity index (χ1v) is 6.09. The summed E-state index contributed by atoms with van der Waals surface area (Å²) in [6.45, 7) is 4.05.